The summed E-state index contributed by atoms with van der Waals surface area (Å²) >= 11 is 0. The Balaban J connectivity index is 2.03. The lowest BCUT2D eigenvalue weighted by atomic mass is 10.1. The second-order valence-corrected chi connectivity index (χ2v) is 4.65. The van der Waals surface area contributed by atoms with Crippen molar-refractivity contribution in [3.63, 3.8) is 0 Å². The number of hydrogen-bond acceptors (Lipinski definition) is 3. The van der Waals surface area contributed by atoms with Crippen molar-refractivity contribution in [3.8, 4) is 0 Å². The molecule has 1 N–H and O–H groups in total. The number of amides is 2. The van der Waals surface area contributed by atoms with Crippen molar-refractivity contribution in [1.82, 2.24) is 4.90 Å². The topological polar surface area (TPSA) is 74.7 Å². The van der Waals surface area contributed by atoms with Crippen LogP contribution in [0.2, 0.25) is 0 Å². The van der Waals surface area contributed by atoms with Crippen molar-refractivity contribution in [2.75, 3.05) is 0 Å². The van der Waals surface area contributed by atoms with E-state index in [1.165, 1.54) is 0 Å². The highest BCUT2D eigenvalue weighted by Crippen LogP contribution is 2.38. The molecule has 1 aromatic carbocycles. The molecular weight excluding hydrogens is 234 g/mol. The van der Waals surface area contributed by atoms with Gasteiger partial charge in [0.05, 0.1) is 11.1 Å². The van der Waals surface area contributed by atoms with E-state index in [0.717, 1.165) is 17.7 Å². The Labute approximate surface area is 103 Å². The molecule has 0 spiro atoms. The van der Waals surface area contributed by atoms with E-state index >= 15 is 0 Å². The molecule has 0 aromatic heterocycles. The summed E-state index contributed by atoms with van der Waals surface area (Å²) in [7, 11) is 0. The molecule has 1 atom stereocenters. The number of rotatable bonds is 3. The van der Waals surface area contributed by atoms with Gasteiger partial charge in [0.15, 0.2) is 0 Å². The second-order valence-electron chi connectivity index (χ2n) is 4.65. The predicted molar refractivity (Wildman–Crippen MR) is 61.1 cm³/mol. The highest BCUT2D eigenvalue weighted by Gasteiger charge is 2.49. The lowest BCUT2D eigenvalue weighted by molar-refractivity contribution is -0.142. The van der Waals surface area contributed by atoms with E-state index < -0.39 is 23.8 Å². The van der Waals surface area contributed by atoms with Crippen molar-refractivity contribution >= 4 is 17.8 Å². The van der Waals surface area contributed by atoms with Crippen molar-refractivity contribution < 1.29 is 19.5 Å². The number of fused-ring (bicyclic) bond motifs is 1. The van der Waals surface area contributed by atoms with E-state index in [2.05, 4.69) is 0 Å². The third-order valence-corrected chi connectivity index (χ3v) is 3.43. The fourth-order valence-electron chi connectivity index (χ4n) is 2.40. The van der Waals surface area contributed by atoms with Crippen molar-refractivity contribution in [2.24, 2.45) is 5.92 Å². The minimum Gasteiger partial charge on any atom is -0.480 e. The predicted octanol–water partition coefficient (Wildman–Crippen LogP) is 1.15. The van der Waals surface area contributed by atoms with Gasteiger partial charge in [0.25, 0.3) is 11.8 Å². The van der Waals surface area contributed by atoms with Gasteiger partial charge < -0.3 is 5.11 Å². The van der Waals surface area contributed by atoms with Crippen LogP contribution in [0.5, 0.6) is 0 Å². The first-order chi connectivity index (χ1) is 8.61. The summed E-state index contributed by atoms with van der Waals surface area (Å²) in [6, 6.07) is 5.43. The summed E-state index contributed by atoms with van der Waals surface area (Å²) in [5.74, 6) is -2.18. The fraction of sp³-hybridized carbons (Fsp3) is 0.308. The Bertz CT molecular complexity index is 527. The molecule has 1 aliphatic heterocycles. The molecule has 1 heterocycles. The summed E-state index contributed by atoms with van der Waals surface area (Å²) in [6.45, 7) is 0. The SMILES string of the molecule is O=C(O)C(C1CC1)N1C(=O)c2ccccc2C1=O. The Morgan fingerprint density at radius 3 is 2.06 bits per heavy atom. The Kier molecular flexibility index (Phi) is 2.23. The van der Waals surface area contributed by atoms with Crippen LogP contribution in [0.25, 0.3) is 0 Å². The average Bonchev–Trinajstić information content (AvgIpc) is 3.14. The molecule has 1 aromatic rings. The summed E-state index contributed by atoms with van der Waals surface area (Å²) in [6.07, 6.45) is 1.51. The van der Waals surface area contributed by atoms with Crippen molar-refractivity contribution in [2.45, 2.75) is 18.9 Å². The van der Waals surface area contributed by atoms with Crippen LogP contribution in [-0.4, -0.2) is 33.8 Å². The van der Waals surface area contributed by atoms with Crippen LogP contribution in [0, 0.1) is 5.92 Å². The highest BCUT2D eigenvalue weighted by atomic mass is 16.4. The lowest BCUT2D eigenvalue weighted by Gasteiger charge is -2.21. The molecule has 2 aliphatic rings. The molecule has 1 unspecified atom stereocenters. The van der Waals surface area contributed by atoms with E-state index in [0.29, 0.717) is 11.1 Å². The lowest BCUT2D eigenvalue weighted by Crippen LogP contribution is -2.46. The van der Waals surface area contributed by atoms with Crippen LogP contribution in [0.1, 0.15) is 33.6 Å². The summed E-state index contributed by atoms with van der Waals surface area (Å²) in [4.78, 5) is 36.4. The molecule has 0 bridgehead atoms. The molecule has 0 radical (unpaired) electrons. The van der Waals surface area contributed by atoms with Gasteiger partial charge >= 0.3 is 5.97 Å². The first-order valence-electron chi connectivity index (χ1n) is 5.81. The number of aliphatic carboxylic acids is 1. The molecule has 2 amide bonds. The van der Waals surface area contributed by atoms with E-state index in [1.54, 1.807) is 24.3 Å². The standard InChI is InChI=1S/C13H11NO4/c15-11-8-3-1-2-4-9(8)12(16)14(11)10(13(17)18)7-5-6-7/h1-4,7,10H,5-6H2,(H,17,18). The molecule has 5 heteroatoms. The minimum absolute atomic E-state index is 0.0929. The molecule has 18 heavy (non-hydrogen) atoms. The number of benzene rings is 1. The number of carboxylic acid groups (broad SMARTS) is 1. The van der Waals surface area contributed by atoms with Crippen molar-refractivity contribution in [3.05, 3.63) is 35.4 Å². The van der Waals surface area contributed by atoms with E-state index in [4.69, 9.17) is 0 Å². The third kappa shape index (κ3) is 1.44. The molecular formula is C13H11NO4. The summed E-state index contributed by atoms with van der Waals surface area (Å²) < 4.78 is 0. The highest BCUT2D eigenvalue weighted by molar-refractivity contribution is 6.22. The number of carboxylic acids is 1. The molecule has 92 valence electrons. The van der Waals surface area contributed by atoms with Gasteiger partial charge in [-0.15, -0.1) is 0 Å². The van der Waals surface area contributed by atoms with Gasteiger partial charge in [-0.1, -0.05) is 12.1 Å². The molecule has 3 rings (SSSR count). The van der Waals surface area contributed by atoms with Gasteiger partial charge in [0, 0.05) is 0 Å². The van der Waals surface area contributed by atoms with Gasteiger partial charge in [-0.25, -0.2) is 4.79 Å². The maximum atomic E-state index is 12.1. The van der Waals surface area contributed by atoms with Gasteiger partial charge in [-0.05, 0) is 30.9 Å². The van der Waals surface area contributed by atoms with Gasteiger partial charge in [-0.3, -0.25) is 14.5 Å². The van der Waals surface area contributed by atoms with E-state index in [9.17, 15) is 19.5 Å². The largest absolute Gasteiger partial charge is 0.480 e. The third-order valence-electron chi connectivity index (χ3n) is 3.43. The van der Waals surface area contributed by atoms with Crippen LogP contribution >= 0.6 is 0 Å². The smallest absolute Gasteiger partial charge is 0.327 e. The summed E-state index contributed by atoms with van der Waals surface area (Å²) in [5, 5.41) is 9.21. The maximum absolute atomic E-state index is 12.1. The normalized spacial score (nSPS) is 19.9. The maximum Gasteiger partial charge on any atom is 0.327 e. The van der Waals surface area contributed by atoms with Gasteiger partial charge in [-0.2, -0.15) is 0 Å². The fourth-order valence-corrected chi connectivity index (χ4v) is 2.40. The quantitative estimate of drug-likeness (QED) is 0.810. The van der Waals surface area contributed by atoms with Crippen LogP contribution < -0.4 is 0 Å². The Morgan fingerprint density at radius 2 is 1.67 bits per heavy atom. The van der Waals surface area contributed by atoms with Crippen LogP contribution in [-0.2, 0) is 4.79 Å². The zero-order valence-electron chi connectivity index (χ0n) is 9.50. The molecule has 5 nitrogen and oxygen atoms in total. The number of nitrogens with zero attached hydrogens (tertiary/aromatic N) is 1. The Morgan fingerprint density at radius 1 is 1.17 bits per heavy atom. The van der Waals surface area contributed by atoms with Gasteiger partial charge in [0.1, 0.15) is 6.04 Å². The average molecular weight is 245 g/mol. The molecule has 0 saturated heterocycles. The zero-order valence-corrected chi connectivity index (χ0v) is 9.50. The molecule has 1 fully saturated rings. The van der Waals surface area contributed by atoms with Crippen LogP contribution in [0.4, 0.5) is 0 Å². The summed E-state index contributed by atoms with van der Waals surface area (Å²) in [5.41, 5.74) is 0.601. The number of hydrogen-bond donors (Lipinski definition) is 1. The number of carbonyl (C=O) groups excluding carboxylic acids is 2. The van der Waals surface area contributed by atoms with Crippen molar-refractivity contribution in [1.29, 1.82) is 0 Å². The van der Waals surface area contributed by atoms with Crippen LogP contribution in [0.15, 0.2) is 24.3 Å². The first-order valence-corrected chi connectivity index (χ1v) is 5.81. The number of imide groups is 1. The second kappa shape index (κ2) is 3.66. The van der Waals surface area contributed by atoms with E-state index in [1.807, 2.05) is 0 Å². The zero-order chi connectivity index (χ0) is 12.9. The van der Waals surface area contributed by atoms with Gasteiger partial charge in [0.2, 0.25) is 0 Å². The Hall–Kier alpha value is -2.17. The monoisotopic (exact) mass is 245 g/mol. The number of carbonyl (C=O) groups is 3. The minimum atomic E-state index is -1.10. The molecule has 1 aliphatic carbocycles. The van der Waals surface area contributed by atoms with E-state index in [-0.39, 0.29) is 5.92 Å². The van der Waals surface area contributed by atoms with Crippen LogP contribution in [0.3, 0.4) is 0 Å². The first kappa shape index (κ1) is 11.0. The molecule has 1 saturated carbocycles.